The number of aliphatic hydroxyl groups excluding tert-OH is 1. The van der Waals surface area contributed by atoms with Gasteiger partial charge in [0.05, 0.1) is 0 Å². The summed E-state index contributed by atoms with van der Waals surface area (Å²) in [5.74, 6) is 2.03. The first-order valence-electron chi connectivity index (χ1n) is 8.72. The summed E-state index contributed by atoms with van der Waals surface area (Å²) in [4.78, 5) is 19.1. The molecule has 0 aliphatic carbocycles. The molecule has 1 aliphatic heterocycles. The highest BCUT2D eigenvalue weighted by Gasteiger charge is 2.29. The number of aliphatic hydroxyl groups is 1. The van der Waals surface area contributed by atoms with Crippen LogP contribution in [0, 0.1) is 6.92 Å². The van der Waals surface area contributed by atoms with Crippen molar-refractivity contribution in [2.24, 2.45) is 7.05 Å². The van der Waals surface area contributed by atoms with Crippen LogP contribution < -0.4 is 0 Å². The van der Waals surface area contributed by atoms with Crippen LogP contribution >= 0.6 is 0 Å². The van der Waals surface area contributed by atoms with E-state index in [1.165, 1.54) is 0 Å². The Kier molecular flexibility index (Phi) is 4.20. The molecule has 1 amide bonds. The van der Waals surface area contributed by atoms with Gasteiger partial charge in [0, 0.05) is 38.5 Å². The smallest absolute Gasteiger partial charge is 0.254 e. The van der Waals surface area contributed by atoms with Gasteiger partial charge in [-0.1, -0.05) is 0 Å². The number of hydrogen-bond acceptors (Lipinski definition) is 6. The van der Waals surface area contributed by atoms with Crippen LogP contribution in [0.2, 0.25) is 0 Å². The van der Waals surface area contributed by atoms with Gasteiger partial charge < -0.3 is 19.0 Å². The molecule has 3 aromatic rings. The summed E-state index contributed by atoms with van der Waals surface area (Å²) in [6.45, 7) is 2.95. The molecule has 2 aromatic heterocycles. The first-order valence-corrected chi connectivity index (χ1v) is 8.72. The van der Waals surface area contributed by atoms with Crippen molar-refractivity contribution >= 4 is 17.0 Å². The van der Waals surface area contributed by atoms with E-state index in [2.05, 4.69) is 15.2 Å². The number of nitrogens with zero attached hydrogens (tertiary/aromatic N) is 5. The maximum absolute atomic E-state index is 13.0. The zero-order valence-corrected chi connectivity index (χ0v) is 14.8. The van der Waals surface area contributed by atoms with E-state index in [9.17, 15) is 9.90 Å². The van der Waals surface area contributed by atoms with Crippen molar-refractivity contribution in [1.82, 2.24) is 24.6 Å². The normalized spacial score (nSPS) is 17.8. The fourth-order valence-electron chi connectivity index (χ4n) is 3.60. The van der Waals surface area contributed by atoms with Crippen LogP contribution in [0.25, 0.3) is 11.1 Å². The van der Waals surface area contributed by atoms with E-state index < -0.39 is 0 Å². The average molecular weight is 355 g/mol. The number of amides is 1. The lowest BCUT2D eigenvalue weighted by Crippen LogP contribution is -2.39. The summed E-state index contributed by atoms with van der Waals surface area (Å²) in [7, 11) is 1.85. The molecular weight excluding hydrogens is 334 g/mol. The number of aryl methyl sites for hydroxylation is 1. The van der Waals surface area contributed by atoms with E-state index >= 15 is 0 Å². The van der Waals surface area contributed by atoms with Crippen molar-refractivity contribution in [3.05, 3.63) is 41.3 Å². The number of likely N-dealkylation sites (tertiary alicyclic amines) is 1. The zero-order valence-electron chi connectivity index (χ0n) is 14.8. The Balaban J connectivity index is 1.56. The van der Waals surface area contributed by atoms with E-state index in [0.717, 1.165) is 24.2 Å². The molecule has 1 aromatic carbocycles. The second-order valence-corrected chi connectivity index (χ2v) is 6.70. The molecule has 0 spiro atoms. The van der Waals surface area contributed by atoms with Crippen LogP contribution in [0.3, 0.4) is 0 Å². The molecule has 8 heteroatoms. The molecule has 0 unspecified atom stereocenters. The maximum Gasteiger partial charge on any atom is 0.254 e. The van der Waals surface area contributed by atoms with Crippen molar-refractivity contribution in [1.29, 1.82) is 0 Å². The summed E-state index contributed by atoms with van der Waals surface area (Å²) in [5.41, 5.74) is 1.98. The van der Waals surface area contributed by atoms with Gasteiger partial charge in [-0.3, -0.25) is 4.79 Å². The van der Waals surface area contributed by atoms with E-state index in [1.54, 1.807) is 19.1 Å². The predicted octanol–water partition coefficient (Wildman–Crippen LogP) is 1.78. The summed E-state index contributed by atoms with van der Waals surface area (Å²) < 4.78 is 7.36. The molecule has 0 saturated carbocycles. The number of benzene rings is 1. The van der Waals surface area contributed by atoms with Crippen molar-refractivity contribution in [3.63, 3.8) is 0 Å². The molecule has 136 valence electrons. The summed E-state index contributed by atoms with van der Waals surface area (Å²) in [6.07, 6.45) is 1.85. The number of carbonyl (C=O) groups is 1. The van der Waals surface area contributed by atoms with Gasteiger partial charge in [-0.15, -0.1) is 10.2 Å². The molecule has 1 saturated heterocycles. The molecule has 8 nitrogen and oxygen atoms in total. The van der Waals surface area contributed by atoms with Gasteiger partial charge >= 0.3 is 0 Å². The Bertz CT molecular complexity index is 961. The van der Waals surface area contributed by atoms with Crippen LogP contribution in [-0.2, 0) is 13.7 Å². The number of oxazole rings is 1. The van der Waals surface area contributed by atoms with Crippen LogP contribution in [-0.4, -0.2) is 48.8 Å². The molecule has 26 heavy (non-hydrogen) atoms. The quantitative estimate of drug-likeness (QED) is 0.769. The Morgan fingerprint density at radius 2 is 2.23 bits per heavy atom. The van der Waals surface area contributed by atoms with E-state index in [4.69, 9.17) is 4.42 Å². The molecule has 0 radical (unpaired) electrons. The van der Waals surface area contributed by atoms with E-state index in [-0.39, 0.29) is 18.4 Å². The molecule has 4 rings (SSSR count). The van der Waals surface area contributed by atoms with Crippen LogP contribution in [0.1, 0.15) is 46.7 Å². The first kappa shape index (κ1) is 16.7. The highest BCUT2D eigenvalue weighted by molar-refractivity contribution is 5.97. The second-order valence-electron chi connectivity index (χ2n) is 6.70. The summed E-state index contributed by atoms with van der Waals surface area (Å²) >= 11 is 0. The monoisotopic (exact) mass is 355 g/mol. The molecule has 1 atom stereocenters. The van der Waals surface area contributed by atoms with E-state index in [1.807, 2.05) is 22.6 Å². The summed E-state index contributed by atoms with van der Waals surface area (Å²) in [5, 5.41) is 17.5. The lowest BCUT2D eigenvalue weighted by molar-refractivity contribution is 0.0703. The molecule has 1 N–H and O–H groups in total. The van der Waals surface area contributed by atoms with Gasteiger partial charge in [-0.25, -0.2) is 4.98 Å². The summed E-state index contributed by atoms with van der Waals surface area (Å²) in [6, 6.07) is 5.37. The SMILES string of the molecule is Cc1nc2ccc(C(=O)N3CCC[C@H](c4nnc(CO)n4C)C3)cc2o1. The third kappa shape index (κ3) is 2.86. The second kappa shape index (κ2) is 6.53. The Labute approximate surface area is 150 Å². The average Bonchev–Trinajstić information content (AvgIpc) is 3.21. The van der Waals surface area contributed by atoms with Gasteiger partial charge in [0.15, 0.2) is 17.3 Å². The molecule has 1 fully saturated rings. The number of hydrogen-bond donors (Lipinski definition) is 1. The van der Waals surface area contributed by atoms with E-state index in [0.29, 0.717) is 36.0 Å². The van der Waals surface area contributed by atoms with Gasteiger partial charge in [0.1, 0.15) is 17.9 Å². The highest BCUT2D eigenvalue weighted by atomic mass is 16.3. The van der Waals surface area contributed by atoms with Gasteiger partial charge in [-0.2, -0.15) is 0 Å². The lowest BCUT2D eigenvalue weighted by atomic mass is 9.96. The molecule has 1 aliphatic rings. The number of carbonyl (C=O) groups excluding carboxylic acids is 1. The topological polar surface area (TPSA) is 97.3 Å². The van der Waals surface area contributed by atoms with Crippen molar-refractivity contribution in [2.75, 3.05) is 13.1 Å². The number of piperidine rings is 1. The number of aromatic nitrogens is 4. The van der Waals surface area contributed by atoms with Crippen LogP contribution in [0.5, 0.6) is 0 Å². The predicted molar refractivity (Wildman–Crippen MR) is 93.6 cm³/mol. The molecular formula is C18H21N5O3. The standard InChI is InChI=1S/C18H21N5O3/c1-11-19-14-6-5-12(8-15(14)26-11)18(25)23-7-3-4-13(9-23)17-21-20-16(10-24)22(17)2/h5-6,8,13,24H,3-4,7,9-10H2,1-2H3/t13-/m0/s1. The fraction of sp³-hybridized carbons (Fsp3) is 0.444. The number of rotatable bonds is 3. The van der Waals surface area contributed by atoms with Gasteiger partial charge in [0.25, 0.3) is 5.91 Å². The zero-order chi connectivity index (χ0) is 18.3. The third-order valence-electron chi connectivity index (χ3n) is 4.96. The van der Waals surface area contributed by atoms with Crippen LogP contribution in [0.15, 0.2) is 22.6 Å². The Morgan fingerprint density at radius 1 is 1.38 bits per heavy atom. The lowest BCUT2D eigenvalue weighted by Gasteiger charge is -2.32. The fourth-order valence-corrected chi connectivity index (χ4v) is 3.60. The van der Waals surface area contributed by atoms with Gasteiger partial charge in [-0.05, 0) is 31.0 Å². The van der Waals surface area contributed by atoms with Crippen molar-refractivity contribution in [3.8, 4) is 0 Å². The minimum absolute atomic E-state index is 0.0183. The highest BCUT2D eigenvalue weighted by Crippen LogP contribution is 2.27. The first-order chi connectivity index (χ1) is 12.6. The molecule has 3 heterocycles. The number of fused-ring (bicyclic) bond motifs is 1. The van der Waals surface area contributed by atoms with Crippen LogP contribution in [0.4, 0.5) is 0 Å². The Morgan fingerprint density at radius 3 is 3.00 bits per heavy atom. The largest absolute Gasteiger partial charge is 0.441 e. The minimum Gasteiger partial charge on any atom is -0.441 e. The van der Waals surface area contributed by atoms with Crippen molar-refractivity contribution < 1.29 is 14.3 Å². The third-order valence-corrected chi connectivity index (χ3v) is 4.96. The Hall–Kier alpha value is -2.74. The molecule has 0 bridgehead atoms. The van der Waals surface area contributed by atoms with Gasteiger partial charge in [0.2, 0.25) is 0 Å². The van der Waals surface area contributed by atoms with Crippen molar-refractivity contribution in [2.45, 2.75) is 32.3 Å². The minimum atomic E-state index is -0.143. The maximum atomic E-state index is 13.0.